The lowest BCUT2D eigenvalue weighted by Crippen LogP contribution is -2.24. The van der Waals surface area contributed by atoms with Crippen molar-refractivity contribution in [3.05, 3.63) is 0 Å². The Bertz CT molecular complexity index is 153. The summed E-state index contributed by atoms with van der Waals surface area (Å²) in [5, 5.41) is 9.85. The topological polar surface area (TPSA) is 54.0 Å². The lowest BCUT2D eigenvalue weighted by Gasteiger charge is -2.06. The van der Waals surface area contributed by atoms with Crippen LogP contribution in [0.25, 0.3) is 0 Å². The maximum absolute atomic E-state index is 10.7. The van der Waals surface area contributed by atoms with Gasteiger partial charge in [-0.3, -0.25) is 0 Å². The molecule has 0 aromatic heterocycles. The molecule has 0 aliphatic rings. The van der Waals surface area contributed by atoms with E-state index < -0.39 is 20.5 Å². The molecule has 0 rings (SSSR count). The lowest BCUT2D eigenvalue weighted by atomic mass is 10.6. The third-order valence-corrected chi connectivity index (χ3v) is 3.36. The number of sulfone groups is 1. The monoisotopic (exact) mass is 151 g/mol. The first-order valence-electron chi connectivity index (χ1n) is 2.77. The minimum Gasteiger partial charge on any atom is -0.226 e. The van der Waals surface area contributed by atoms with E-state index >= 15 is 0 Å². The second-order valence-electron chi connectivity index (χ2n) is 2.21. The first kappa shape index (κ1) is 8.91. The molecule has 4 heteroatoms. The van der Waals surface area contributed by atoms with E-state index in [9.17, 15) is 13.5 Å². The van der Waals surface area contributed by atoms with Gasteiger partial charge in [-0.2, -0.15) is 0 Å². The largest absolute Gasteiger partial charge is 0.226 e. The van der Waals surface area contributed by atoms with E-state index in [1.54, 1.807) is 0 Å². The van der Waals surface area contributed by atoms with Crippen molar-refractivity contribution in [2.75, 3.05) is 0 Å². The van der Waals surface area contributed by atoms with E-state index in [2.05, 4.69) is 0 Å². The summed E-state index contributed by atoms with van der Waals surface area (Å²) in [5.41, 5.74) is -1.49. The molecule has 0 aliphatic carbocycles. The van der Waals surface area contributed by atoms with Crippen LogP contribution in [0.1, 0.15) is 20.8 Å². The Balaban J connectivity index is 4.42. The molecule has 0 saturated carbocycles. The quantitative estimate of drug-likeness (QED) is 0.580. The van der Waals surface area contributed by atoms with Crippen LogP contribution in [0.3, 0.4) is 0 Å². The maximum atomic E-state index is 10.7. The van der Waals surface area contributed by atoms with Crippen molar-refractivity contribution in [3.8, 4) is 0 Å². The summed E-state index contributed by atoms with van der Waals surface area (Å²) in [6.45, 7) is 4.16. The summed E-state index contributed by atoms with van der Waals surface area (Å²) in [7, 11) is -3.37. The van der Waals surface area contributed by atoms with Gasteiger partial charge in [0.1, 0.15) is 0 Å². The number of hydrogen-bond acceptors (Lipinski definition) is 2. The van der Waals surface area contributed by atoms with Gasteiger partial charge in [0.05, 0.1) is 5.25 Å². The molecule has 0 spiro atoms. The SMILES string of the molecule is CC(C)S(=O)(=O)C(C)[O]. The predicted octanol–water partition coefficient (Wildman–Crippen LogP) is 0.586. The Morgan fingerprint density at radius 2 is 1.44 bits per heavy atom. The summed E-state index contributed by atoms with van der Waals surface area (Å²) in [6, 6.07) is 0. The second-order valence-corrected chi connectivity index (χ2v) is 4.99. The normalized spacial score (nSPS) is 16.1. The van der Waals surface area contributed by atoms with Crippen LogP contribution in [-0.2, 0) is 14.9 Å². The third-order valence-electron chi connectivity index (χ3n) is 1.12. The van der Waals surface area contributed by atoms with Crippen molar-refractivity contribution in [2.24, 2.45) is 0 Å². The molecular formula is C5H11O3S. The van der Waals surface area contributed by atoms with Crippen molar-refractivity contribution in [1.82, 2.24) is 0 Å². The zero-order chi connectivity index (χ0) is 7.65. The maximum Gasteiger partial charge on any atom is 0.191 e. The van der Waals surface area contributed by atoms with Gasteiger partial charge in [-0.15, -0.1) is 0 Å². The summed E-state index contributed by atoms with van der Waals surface area (Å²) < 4.78 is 21.4. The summed E-state index contributed by atoms with van der Waals surface area (Å²) in [5.74, 6) is 0. The van der Waals surface area contributed by atoms with E-state index in [0.29, 0.717) is 0 Å². The highest BCUT2D eigenvalue weighted by atomic mass is 32.2. The Labute approximate surface area is 55.6 Å². The van der Waals surface area contributed by atoms with Gasteiger partial charge in [-0.05, 0) is 20.8 Å². The van der Waals surface area contributed by atoms with Crippen LogP contribution in [0.2, 0.25) is 0 Å². The first-order valence-corrected chi connectivity index (χ1v) is 4.38. The van der Waals surface area contributed by atoms with Crippen LogP contribution in [0.15, 0.2) is 0 Å². The molecule has 0 amide bonds. The van der Waals surface area contributed by atoms with E-state index in [1.165, 1.54) is 13.8 Å². The molecule has 1 unspecified atom stereocenters. The van der Waals surface area contributed by atoms with E-state index in [1.807, 2.05) is 0 Å². The zero-order valence-electron chi connectivity index (χ0n) is 5.79. The van der Waals surface area contributed by atoms with Crippen LogP contribution in [-0.4, -0.2) is 19.1 Å². The highest BCUT2D eigenvalue weighted by molar-refractivity contribution is 7.92. The Morgan fingerprint density at radius 3 is 1.44 bits per heavy atom. The number of rotatable bonds is 2. The zero-order valence-corrected chi connectivity index (χ0v) is 6.60. The fraction of sp³-hybridized carbons (Fsp3) is 1.00. The smallest absolute Gasteiger partial charge is 0.191 e. The standard InChI is InChI=1S/C5H11O3S/c1-4(2)9(7,8)5(3)6/h4-5H,1-3H3. The molecule has 9 heavy (non-hydrogen) atoms. The molecule has 3 nitrogen and oxygen atoms in total. The van der Waals surface area contributed by atoms with Crippen molar-refractivity contribution < 1.29 is 13.5 Å². The van der Waals surface area contributed by atoms with Crippen LogP contribution in [0.4, 0.5) is 0 Å². The second kappa shape index (κ2) is 2.66. The van der Waals surface area contributed by atoms with Gasteiger partial charge in [-0.1, -0.05) is 0 Å². The van der Waals surface area contributed by atoms with E-state index in [-0.39, 0.29) is 0 Å². The highest BCUT2D eigenvalue weighted by Crippen LogP contribution is 2.05. The van der Waals surface area contributed by atoms with Crippen molar-refractivity contribution in [2.45, 2.75) is 31.5 Å². The summed E-state index contributed by atoms with van der Waals surface area (Å²) in [4.78, 5) is 0. The molecule has 1 radical (unpaired) electrons. The fourth-order valence-electron chi connectivity index (χ4n) is 0.383. The predicted molar refractivity (Wildman–Crippen MR) is 34.2 cm³/mol. The van der Waals surface area contributed by atoms with Gasteiger partial charge < -0.3 is 0 Å². The lowest BCUT2D eigenvalue weighted by molar-refractivity contribution is 0.169. The van der Waals surface area contributed by atoms with Crippen LogP contribution < -0.4 is 0 Å². The molecule has 0 bridgehead atoms. The van der Waals surface area contributed by atoms with Gasteiger partial charge in [0, 0.05) is 0 Å². The molecule has 0 heterocycles. The third kappa shape index (κ3) is 1.95. The molecule has 0 aliphatic heterocycles. The molecular weight excluding hydrogens is 140 g/mol. The van der Waals surface area contributed by atoms with Crippen LogP contribution in [0, 0.1) is 0 Å². The molecule has 0 fully saturated rings. The van der Waals surface area contributed by atoms with Crippen LogP contribution >= 0.6 is 0 Å². The molecule has 1 atom stereocenters. The van der Waals surface area contributed by atoms with Crippen LogP contribution in [0.5, 0.6) is 0 Å². The summed E-state index contributed by atoms with van der Waals surface area (Å²) >= 11 is 0. The minimum absolute atomic E-state index is 0.551. The molecule has 0 aromatic carbocycles. The fourth-order valence-corrected chi connectivity index (χ4v) is 1.15. The Morgan fingerprint density at radius 1 is 1.11 bits per heavy atom. The molecule has 0 saturated heterocycles. The average molecular weight is 151 g/mol. The molecule has 55 valence electrons. The van der Waals surface area contributed by atoms with Gasteiger partial charge in [-0.25, -0.2) is 13.5 Å². The Kier molecular flexibility index (Phi) is 2.64. The average Bonchev–Trinajstić information content (AvgIpc) is 1.65. The van der Waals surface area contributed by atoms with E-state index in [0.717, 1.165) is 6.92 Å². The molecule has 0 N–H and O–H groups in total. The summed E-state index contributed by atoms with van der Waals surface area (Å²) in [6.07, 6.45) is 0. The Hall–Kier alpha value is -0.0900. The van der Waals surface area contributed by atoms with Crippen molar-refractivity contribution in [3.63, 3.8) is 0 Å². The first-order chi connectivity index (χ1) is 3.89. The molecule has 0 aromatic rings. The van der Waals surface area contributed by atoms with Crippen molar-refractivity contribution >= 4 is 9.84 Å². The van der Waals surface area contributed by atoms with Gasteiger partial charge in [0.15, 0.2) is 15.3 Å². The highest BCUT2D eigenvalue weighted by Gasteiger charge is 2.23. The van der Waals surface area contributed by atoms with E-state index in [4.69, 9.17) is 0 Å². The number of hydrogen-bond donors (Lipinski definition) is 0. The van der Waals surface area contributed by atoms with Gasteiger partial charge in [0.2, 0.25) is 0 Å². The van der Waals surface area contributed by atoms with Gasteiger partial charge >= 0.3 is 0 Å². The van der Waals surface area contributed by atoms with Gasteiger partial charge in [0.25, 0.3) is 0 Å². The minimum atomic E-state index is -3.37. The van der Waals surface area contributed by atoms with Crippen molar-refractivity contribution in [1.29, 1.82) is 0 Å².